The Labute approximate surface area is 147 Å². The van der Waals surface area contributed by atoms with Crippen LogP contribution in [-0.4, -0.2) is 43.6 Å². The average molecular weight is 344 g/mol. The van der Waals surface area contributed by atoms with Crippen molar-refractivity contribution in [3.63, 3.8) is 0 Å². The molecule has 134 valence electrons. The number of nitrogens with one attached hydrogen (secondary N) is 1. The van der Waals surface area contributed by atoms with Crippen LogP contribution in [0.15, 0.2) is 30.5 Å². The molecule has 0 amide bonds. The molecule has 1 aliphatic heterocycles. The Balaban J connectivity index is 1.63. The number of carbonyl (C=O) groups excluding carboxylic acids is 1. The number of fused-ring (bicyclic) bond motifs is 1. The van der Waals surface area contributed by atoms with Crippen LogP contribution in [0.4, 0.5) is 5.82 Å². The lowest BCUT2D eigenvalue weighted by Gasteiger charge is -2.35. The van der Waals surface area contributed by atoms with Gasteiger partial charge in [0.15, 0.2) is 5.79 Å². The van der Waals surface area contributed by atoms with E-state index in [1.165, 1.54) is 7.11 Å². The number of benzene rings is 1. The lowest BCUT2D eigenvalue weighted by Crippen LogP contribution is -2.39. The molecule has 2 heterocycles. The van der Waals surface area contributed by atoms with Crippen molar-refractivity contribution < 1.29 is 19.0 Å². The molecule has 1 fully saturated rings. The van der Waals surface area contributed by atoms with Crippen molar-refractivity contribution in [3.05, 3.63) is 36.0 Å². The number of anilines is 1. The third-order valence-electron chi connectivity index (χ3n) is 4.36. The molecule has 0 aliphatic carbocycles. The highest BCUT2D eigenvalue weighted by molar-refractivity contribution is 5.98. The molecule has 0 atom stereocenters. The van der Waals surface area contributed by atoms with Crippen molar-refractivity contribution in [3.8, 4) is 0 Å². The van der Waals surface area contributed by atoms with Crippen molar-refractivity contribution in [2.45, 2.75) is 26.1 Å². The molecule has 25 heavy (non-hydrogen) atoms. The van der Waals surface area contributed by atoms with Gasteiger partial charge in [-0.25, -0.2) is 9.78 Å². The van der Waals surface area contributed by atoms with Crippen molar-refractivity contribution in [1.82, 2.24) is 4.98 Å². The molecule has 0 spiro atoms. The summed E-state index contributed by atoms with van der Waals surface area (Å²) < 4.78 is 16.1. The summed E-state index contributed by atoms with van der Waals surface area (Å²) in [7, 11) is 1.38. The molecule has 6 heteroatoms. The van der Waals surface area contributed by atoms with Crippen molar-refractivity contribution in [1.29, 1.82) is 0 Å². The standard InChI is InChI=1S/C19H24N2O4/c1-19(2)24-11-13(12-25-19)6-8-20-17-16-5-4-15(18(22)23-3)10-14(16)7-9-21-17/h4-5,7,9-10,13H,6,8,11-12H2,1-3H3,(H,20,21). The third-order valence-corrected chi connectivity index (χ3v) is 4.36. The summed E-state index contributed by atoms with van der Waals surface area (Å²) in [5.41, 5.74) is 0.534. The first-order valence-corrected chi connectivity index (χ1v) is 8.47. The first-order valence-electron chi connectivity index (χ1n) is 8.47. The zero-order valence-corrected chi connectivity index (χ0v) is 14.9. The predicted octanol–water partition coefficient (Wildman–Crippen LogP) is 3.22. The van der Waals surface area contributed by atoms with Crippen LogP contribution in [0.5, 0.6) is 0 Å². The topological polar surface area (TPSA) is 69.7 Å². The summed E-state index contributed by atoms with van der Waals surface area (Å²) in [6, 6.07) is 7.36. The maximum Gasteiger partial charge on any atom is 0.337 e. The summed E-state index contributed by atoms with van der Waals surface area (Å²) in [4.78, 5) is 16.1. The zero-order chi connectivity index (χ0) is 17.9. The highest BCUT2D eigenvalue weighted by Crippen LogP contribution is 2.24. The van der Waals surface area contributed by atoms with Gasteiger partial charge in [-0.15, -0.1) is 0 Å². The monoisotopic (exact) mass is 344 g/mol. The molecule has 0 unspecified atom stereocenters. The highest BCUT2D eigenvalue weighted by Gasteiger charge is 2.27. The van der Waals surface area contributed by atoms with Gasteiger partial charge < -0.3 is 19.5 Å². The van der Waals surface area contributed by atoms with Gasteiger partial charge in [-0.05, 0) is 49.9 Å². The van der Waals surface area contributed by atoms with E-state index >= 15 is 0 Å². The van der Waals surface area contributed by atoms with E-state index in [-0.39, 0.29) is 5.97 Å². The van der Waals surface area contributed by atoms with Crippen molar-refractivity contribution >= 4 is 22.6 Å². The number of rotatable bonds is 5. The first kappa shape index (κ1) is 17.6. The number of hydrogen-bond donors (Lipinski definition) is 1. The van der Waals surface area contributed by atoms with Crippen molar-refractivity contribution in [2.24, 2.45) is 5.92 Å². The fraction of sp³-hybridized carbons (Fsp3) is 0.474. The lowest BCUT2D eigenvalue weighted by molar-refractivity contribution is -0.262. The normalized spacial score (nSPS) is 17.4. The fourth-order valence-electron chi connectivity index (χ4n) is 2.85. The number of methoxy groups -OCH3 is 1. The minimum absolute atomic E-state index is 0.339. The van der Waals surface area contributed by atoms with Crippen LogP contribution in [0, 0.1) is 5.92 Å². The van der Waals surface area contributed by atoms with E-state index in [1.807, 2.05) is 32.0 Å². The quantitative estimate of drug-likeness (QED) is 0.840. The van der Waals surface area contributed by atoms with Gasteiger partial charge in [0.05, 0.1) is 25.9 Å². The third kappa shape index (κ3) is 4.27. The van der Waals surface area contributed by atoms with Gasteiger partial charge in [-0.1, -0.05) is 0 Å². The minimum atomic E-state index is -0.474. The van der Waals surface area contributed by atoms with Gasteiger partial charge in [-0.2, -0.15) is 0 Å². The van der Waals surface area contributed by atoms with Gasteiger partial charge in [0.2, 0.25) is 0 Å². The van der Waals surface area contributed by atoms with E-state index in [9.17, 15) is 4.79 Å². The minimum Gasteiger partial charge on any atom is -0.465 e. The predicted molar refractivity (Wildman–Crippen MR) is 95.7 cm³/mol. The SMILES string of the molecule is COC(=O)c1ccc2c(NCCC3COC(C)(C)OC3)nccc2c1. The molecule has 0 saturated carbocycles. The molecule has 0 bridgehead atoms. The van der Waals surface area contributed by atoms with E-state index in [2.05, 4.69) is 10.3 Å². The second-order valence-corrected chi connectivity index (χ2v) is 6.69. The molecule has 2 aromatic rings. The van der Waals surface area contributed by atoms with Gasteiger partial charge in [-0.3, -0.25) is 0 Å². The van der Waals surface area contributed by atoms with Crippen molar-refractivity contribution in [2.75, 3.05) is 32.2 Å². The Morgan fingerprint density at radius 3 is 2.80 bits per heavy atom. The van der Waals surface area contributed by atoms with E-state index in [0.717, 1.165) is 29.6 Å². The largest absolute Gasteiger partial charge is 0.465 e. The average Bonchev–Trinajstić information content (AvgIpc) is 2.62. The molecule has 1 aromatic carbocycles. The van der Waals surface area contributed by atoms with Gasteiger partial charge in [0, 0.05) is 24.0 Å². The number of aromatic nitrogens is 1. The maximum absolute atomic E-state index is 11.7. The Morgan fingerprint density at radius 1 is 1.32 bits per heavy atom. The Hall–Kier alpha value is -2.18. The van der Waals surface area contributed by atoms with Crippen LogP contribution in [0.3, 0.4) is 0 Å². The molecule has 1 aliphatic rings. The second-order valence-electron chi connectivity index (χ2n) is 6.69. The maximum atomic E-state index is 11.7. The molecule has 1 saturated heterocycles. The zero-order valence-electron chi connectivity index (χ0n) is 14.9. The number of nitrogens with zero attached hydrogens (tertiary/aromatic N) is 1. The number of ether oxygens (including phenoxy) is 3. The lowest BCUT2D eigenvalue weighted by atomic mass is 10.1. The number of pyridine rings is 1. The molecular formula is C19H24N2O4. The molecular weight excluding hydrogens is 320 g/mol. The molecule has 6 nitrogen and oxygen atoms in total. The summed E-state index contributed by atoms with van der Waals surface area (Å²) in [5, 5.41) is 5.31. The number of esters is 1. The summed E-state index contributed by atoms with van der Waals surface area (Å²) in [6.07, 6.45) is 2.68. The van der Waals surface area contributed by atoms with Gasteiger partial charge >= 0.3 is 5.97 Å². The Morgan fingerprint density at radius 2 is 2.08 bits per heavy atom. The van der Waals surface area contributed by atoms with Crippen LogP contribution in [0.25, 0.3) is 10.8 Å². The first-order chi connectivity index (χ1) is 12.0. The fourth-order valence-corrected chi connectivity index (χ4v) is 2.85. The Bertz CT molecular complexity index is 750. The number of carbonyl (C=O) groups is 1. The van der Waals surface area contributed by atoms with E-state index in [0.29, 0.717) is 24.7 Å². The molecule has 1 N–H and O–H groups in total. The molecule has 0 radical (unpaired) electrons. The van der Waals surface area contributed by atoms with Gasteiger partial charge in [0.1, 0.15) is 5.82 Å². The molecule has 3 rings (SSSR count). The second kappa shape index (κ2) is 7.37. The number of hydrogen-bond acceptors (Lipinski definition) is 6. The summed E-state index contributed by atoms with van der Waals surface area (Å²) in [5.74, 6) is 0.375. The van der Waals surface area contributed by atoms with Crippen LogP contribution < -0.4 is 5.32 Å². The van der Waals surface area contributed by atoms with E-state index < -0.39 is 5.79 Å². The van der Waals surface area contributed by atoms with Gasteiger partial charge in [0.25, 0.3) is 0 Å². The Kier molecular flexibility index (Phi) is 5.20. The summed E-state index contributed by atoms with van der Waals surface area (Å²) >= 11 is 0. The van der Waals surface area contributed by atoms with Crippen LogP contribution in [-0.2, 0) is 14.2 Å². The van der Waals surface area contributed by atoms with E-state index in [1.54, 1.807) is 12.3 Å². The van der Waals surface area contributed by atoms with Crippen LogP contribution in [0.2, 0.25) is 0 Å². The molecule has 1 aromatic heterocycles. The van der Waals surface area contributed by atoms with E-state index in [4.69, 9.17) is 14.2 Å². The van der Waals surface area contributed by atoms with Crippen LogP contribution >= 0.6 is 0 Å². The smallest absolute Gasteiger partial charge is 0.337 e. The van der Waals surface area contributed by atoms with Crippen LogP contribution in [0.1, 0.15) is 30.6 Å². The highest BCUT2D eigenvalue weighted by atomic mass is 16.7. The summed E-state index contributed by atoms with van der Waals surface area (Å²) in [6.45, 7) is 6.07.